The Labute approximate surface area is 105 Å². The Morgan fingerprint density at radius 1 is 1.53 bits per heavy atom. The third-order valence-corrected chi connectivity index (χ3v) is 3.73. The SMILES string of the molecule is CSC(C)(C)CNC(=O)c1ccc(F)c(N)c1. The molecule has 5 heteroatoms. The summed E-state index contributed by atoms with van der Waals surface area (Å²) in [5, 5.41) is 2.80. The van der Waals surface area contributed by atoms with E-state index in [1.165, 1.54) is 18.2 Å². The van der Waals surface area contributed by atoms with Crippen LogP contribution in [0, 0.1) is 5.82 Å². The molecule has 0 aliphatic rings. The molecule has 0 unspecified atom stereocenters. The van der Waals surface area contributed by atoms with Crippen LogP contribution in [0.15, 0.2) is 18.2 Å². The van der Waals surface area contributed by atoms with Crippen molar-refractivity contribution in [2.45, 2.75) is 18.6 Å². The summed E-state index contributed by atoms with van der Waals surface area (Å²) in [4.78, 5) is 11.8. The molecule has 1 aromatic rings. The van der Waals surface area contributed by atoms with Gasteiger partial charge >= 0.3 is 0 Å². The van der Waals surface area contributed by atoms with E-state index in [2.05, 4.69) is 5.32 Å². The minimum Gasteiger partial charge on any atom is -0.396 e. The Kier molecular flexibility index (Phi) is 4.40. The number of hydrogen-bond acceptors (Lipinski definition) is 3. The molecule has 1 rings (SSSR count). The maximum absolute atomic E-state index is 12.9. The van der Waals surface area contributed by atoms with Crippen molar-refractivity contribution in [3.8, 4) is 0 Å². The predicted molar refractivity (Wildman–Crippen MR) is 70.7 cm³/mol. The number of halogens is 1. The third-order valence-electron chi connectivity index (χ3n) is 2.49. The molecule has 0 aromatic heterocycles. The number of nitrogens with two attached hydrogens (primary N) is 1. The number of benzene rings is 1. The molecule has 0 aliphatic carbocycles. The second-order valence-corrected chi connectivity index (χ2v) is 5.90. The fraction of sp³-hybridized carbons (Fsp3) is 0.417. The highest BCUT2D eigenvalue weighted by Crippen LogP contribution is 2.20. The van der Waals surface area contributed by atoms with Crippen molar-refractivity contribution in [1.82, 2.24) is 5.32 Å². The molecule has 0 radical (unpaired) electrons. The van der Waals surface area contributed by atoms with E-state index >= 15 is 0 Å². The largest absolute Gasteiger partial charge is 0.396 e. The molecular formula is C12H17FN2OS. The van der Waals surface area contributed by atoms with Gasteiger partial charge in [-0.1, -0.05) is 0 Å². The quantitative estimate of drug-likeness (QED) is 0.813. The van der Waals surface area contributed by atoms with E-state index in [4.69, 9.17) is 5.73 Å². The van der Waals surface area contributed by atoms with E-state index in [0.29, 0.717) is 12.1 Å². The highest BCUT2D eigenvalue weighted by atomic mass is 32.2. The molecule has 0 heterocycles. The van der Waals surface area contributed by atoms with Crippen LogP contribution in [-0.2, 0) is 0 Å². The number of nitrogens with one attached hydrogen (secondary N) is 1. The Balaban J connectivity index is 2.68. The summed E-state index contributed by atoms with van der Waals surface area (Å²) in [7, 11) is 0. The van der Waals surface area contributed by atoms with Gasteiger partial charge in [-0.3, -0.25) is 4.79 Å². The maximum Gasteiger partial charge on any atom is 0.251 e. The molecule has 3 nitrogen and oxygen atoms in total. The molecular weight excluding hydrogens is 239 g/mol. The first kappa shape index (κ1) is 13.8. The first-order valence-electron chi connectivity index (χ1n) is 5.24. The zero-order valence-electron chi connectivity index (χ0n) is 10.2. The first-order valence-corrected chi connectivity index (χ1v) is 6.46. The lowest BCUT2D eigenvalue weighted by atomic mass is 10.1. The molecule has 3 N–H and O–H groups in total. The summed E-state index contributed by atoms with van der Waals surface area (Å²) in [6, 6.07) is 3.97. The number of thioether (sulfide) groups is 1. The minimum absolute atomic E-state index is 0.0122. The van der Waals surface area contributed by atoms with E-state index in [9.17, 15) is 9.18 Å². The Hall–Kier alpha value is -1.23. The lowest BCUT2D eigenvalue weighted by Crippen LogP contribution is -2.36. The van der Waals surface area contributed by atoms with Gasteiger partial charge in [-0.05, 0) is 38.3 Å². The van der Waals surface area contributed by atoms with Crippen LogP contribution < -0.4 is 11.1 Å². The van der Waals surface area contributed by atoms with Crippen LogP contribution in [0.1, 0.15) is 24.2 Å². The molecule has 0 saturated heterocycles. The number of nitrogen functional groups attached to an aromatic ring is 1. The fourth-order valence-electron chi connectivity index (χ4n) is 1.15. The van der Waals surface area contributed by atoms with Crippen molar-refractivity contribution < 1.29 is 9.18 Å². The van der Waals surface area contributed by atoms with E-state index < -0.39 is 5.82 Å². The summed E-state index contributed by atoms with van der Waals surface area (Å²) < 4.78 is 12.9. The first-order chi connectivity index (χ1) is 7.85. The van der Waals surface area contributed by atoms with Crippen LogP contribution in [0.25, 0.3) is 0 Å². The molecule has 0 atom stereocenters. The minimum atomic E-state index is -0.508. The van der Waals surface area contributed by atoms with Crippen LogP contribution >= 0.6 is 11.8 Å². The Bertz CT molecular complexity index is 421. The molecule has 0 bridgehead atoms. The molecule has 0 fully saturated rings. The van der Waals surface area contributed by atoms with Gasteiger partial charge in [0.2, 0.25) is 0 Å². The summed E-state index contributed by atoms with van der Waals surface area (Å²) in [5.74, 6) is -0.746. The van der Waals surface area contributed by atoms with Gasteiger partial charge < -0.3 is 11.1 Å². The van der Waals surface area contributed by atoms with Crippen molar-refractivity contribution in [1.29, 1.82) is 0 Å². The number of carbonyl (C=O) groups is 1. The average Bonchev–Trinajstić information content (AvgIpc) is 2.30. The summed E-state index contributed by atoms with van der Waals surface area (Å²) in [5.41, 5.74) is 5.77. The maximum atomic E-state index is 12.9. The number of carbonyl (C=O) groups excluding carboxylic acids is 1. The molecule has 94 valence electrons. The summed E-state index contributed by atoms with van der Waals surface area (Å²) in [6.07, 6.45) is 1.99. The lowest BCUT2D eigenvalue weighted by Gasteiger charge is -2.22. The van der Waals surface area contributed by atoms with Gasteiger partial charge in [0, 0.05) is 16.9 Å². The molecule has 1 aromatic carbocycles. The molecule has 0 spiro atoms. The fourth-order valence-corrected chi connectivity index (χ4v) is 1.37. The van der Waals surface area contributed by atoms with Crippen molar-refractivity contribution in [3.63, 3.8) is 0 Å². The normalized spacial score (nSPS) is 11.3. The van der Waals surface area contributed by atoms with E-state index in [0.717, 1.165) is 0 Å². The highest BCUT2D eigenvalue weighted by Gasteiger charge is 2.17. The molecule has 17 heavy (non-hydrogen) atoms. The second kappa shape index (κ2) is 5.40. The van der Waals surface area contributed by atoms with Gasteiger partial charge in [0.1, 0.15) is 5.82 Å². The van der Waals surface area contributed by atoms with Gasteiger partial charge in [-0.2, -0.15) is 11.8 Å². The predicted octanol–water partition coefficient (Wildman–Crippen LogP) is 2.28. The van der Waals surface area contributed by atoms with E-state index in [1.807, 2.05) is 20.1 Å². The number of rotatable bonds is 4. The smallest absolute Gasteiger partial charge is 0.251 e. The monoisotopic (exact) mass is 256 g/mol. The zero-order chi connectivity index (χ0) is 13.1. The number of hydrogen-bond donors (Lipinski definition) is 2. The van der Waals surface area contributed by atoms with Crippen LogP contribution in [0.2, 0.25) is 0 Å². The van der Waals surface area contributed by atoms with Crippen LogP contribution in [-0.4, -0.2) is 23.5 Å². The van der Waals surface area contributed by atoms with Crippen LogP contribution in [0.4, 0.5) is 10.1 Å². The van der Waals surface area contributed by atoms with Crippen molar-refractivity contribution in [3.05, 3.63) is 29.6 Å². The molecule has 0 aliphatic heterocycles. The molecule has 0 saturated carbocycles. The number of anilines is 1. The van der Waals surface area contributed by atoms with Gasteiger partial charge in [0.25, 0.3) is 5.91 Å². The molecule has 1 amide bonds. The van der Waals surface area contributed by atoms with Crippen molar-refractivity contribution in [2.75, 3.05) is 18.5 Å². The van der Waals surface area contributed by atoms with Gasteiger partial charge in [0.05, 0.1) is 5.69 Å². The second-order valence-electron chi connectivity index (χ2n) is 4.38. The summed E-state index contributed by atoms with van der Waals surface area (Å²) >= 11 is 1.67. The van der Waals surface area contributed by atoms with Gasteiger partial charge in [0.15, 0.2) is 0 Å². The van der Waals surface area contributed by atoms with Gasteiger partial charge in [-0.15, -0.1) is 0 Å². The Morgan fingerprint density at radius 2 is 2.18 bits per heavy atom. The van der Waals surface area contributed by atoms with Crippen molar-refractivity contribution >= 4 is 23.4 Å². The zero-order valence-corrected chi connectivity index (χ0v) is 11.0. The third kappa shape index (κ3) is 3.93. The number of amides is 1. The standard InChI is InChI=1S/C12H17FN2OS/c1-12(2,17-3)7-15-11(16)8-4-5-9(13)10(14)6-8/h4-6H,7,14H2,1-3H3,(H,15,16). The van der Waals surface area contributed by atoms with E-state index in [-0.39, 0.29) is 16.3 Å². The van der Waals surface area contributed by atoms with Crippen LogP contribution in [0.5, 0.6) is 0 Å². The highest BCUT2D eigenvalue weighted by molar-refractivity contribution is 7.99. The Morgan fingerprint density at radius 3 is 2.71 bits per heavy atom. The van der Waals surface area contributed by atoms with Gasteiger partial charge in [-0.25, -0.2) is 4.39 Å². The van der Waals surface area contributed by atoms with E-state index in [1.54, 1.807) is 11.8 Å². The average molecular weight is 256 g/mol. The topological polar surface area (TPSA) is 55.1 Å². The lowest BCUT2D eigenvalue weighted by molar-refractivity contribution is 0.0951. The van der Waals surface area contributed by atoms with Crippen LogP contribution in [0.3, 0.4) is 0 Å². The summed E-state index contributed by atoms with van der Waals surface area (Å²) in [6.45, 7) is 4.62. The van der Waals surface area contributed by atoms with Crippen molar-refractivity contribution in [2.24, 2.45) is 0 Å².